The Morgan fingerprint density at radius 1 is 0.941 bits per heavy atom. The largest absolute Gasteiger partial charge is 0.454 e. The third-order valence-corrected chi connectivity index (χ3v) is 5.95. The number of carbonyl (C=O) groups excluding carboxylic acids is 2. The normalized spacial score (nSPS) is 12.3. The fourth-order valence-electron chi connectivity index (χ4n) is 3.18. The lowest BCUT2D eigenvalue weighted by Gasteiger charge is -2.11. The molecule has 0 spiro atoms. The number of hydrogen-bond donors (Lipinski definition) is 2. The zero-order chi connectivity index (χ0) is 24.1. The molecule has 176 valence electrons. The number of fused-ring (bicyclic) bond motifs is 1. The van der Waals surface area contributed by atoms with Crippen molar-refractivity contribution in [3.8, 4) is 11.5 Å². The SMILES string of the molecule is O=C(CSc1ccccc1C(=O)NCc1ccc(C(F)(F)F)cc1)Nc1ccc2c(c1)OCO2. The minimum Gasteiger partial charge on any atom is -0.454 e. The molecule has 2 N–H and O–H groups in total. The zero-order valence-electron chi connectivity index (χ0n) is 17.6. The van der Waals surface area contributed by atoms with Gasteiger partial charge in [0.25, 0.3) is 5.91 Å². The molecule has 0 saturated carbocycles. The van der Waals surface area contributed by atoms with Gasteiger partial charge in [-0.2, -0.15) is 13.2 Å². The standard InChI is InChI=1S/C24H19F3N2O4S/c25-24(26,27)16-7-5-15(6-8-16)12-28-23(31)18-3-1-2-4-21(18)34-13-22(30)29-17-9-10-19-20(11-17)33-14-32-19/h1-11H,12-14H2,(H,28,31)(H,29,30). The summed E-state index contributed by atoms with van der Waals surface area (Å²) in [6.45, 7) is 0.209. The van der Waals surface area contributed by atoms with Gasteiger partial charge in [-0.1, -0.05) is 24.3 Å². The molecule has 1 aliphatic rings. The molecule has 2 amide bonds. The van der Waals surface area contributed by atoms with Crippen molar-refractivity contribution in [3.05, 3.63) is 83.4 Å². The van der Waals surface area contributed by atoms with E-state index in [9.17, 15) is 22.8 Å². The maximum atomic E-state index is 12.7. The van der Waals surface area contributed by atoms with Crippen molar-refractivity contribution in [2.45, 2.75) is 17.6 Å². The van der Waals surface area contributed by atoms with Gasteiger partial charge in [-0.3, -0.25) is 9.59 Å². The Bertz CT molecular complexity index is 1200. The van der Waals surface area contributed by atoms with Crippen molar-refractivity contribution in [2.75, 3.05) is 17.9 Å². The number of ether oxygens (including phenoxy) is 2. The van der Waals surface area contributed by atoms with Crippen LogP contribution in [-0.4, -0.2) is 24.4 Å². The molecule has 0 radical (unpaired) electrons. The van der Waals surface area contributed by atoms with Crippen LogP contribution in [0, 0.1) is 0 Å². The second kappa shape index (κ2) is 10.1. The molecule has 0 aromatic heterocycles. The smallest absolute Gasteiger partial charge is 0.416 e. The maximum Gasteiger partial charge on any atom is 0.416 e. The first-order valence-electron chi connectivity index (χ1n) is 10.2. The maximum absolute atomic E-state index is 12.7. The number of rotatable bonds is 7. The summed E-state index contributed by atoms with van der Waals surface area (Å²) in [6.07, 6.45) is -4.41. The van der Waals surface area contributed by atoms with E-state index in [4.69, 9.17) is 9.47 Å². The Morgan fingerprint density at radius 3 is 2.44 bits per heavy atom. The molecule has 4 rings (SSSR count). The number of halogens is 3. The Balaban J connectivity index is 1.33. The van der Waals surface area contributed by atoms with Crippen molar-refractivity contribution in [1.29, 1.82) is 0 Å². The number of nitrogens with one attached hydrogen (secondary N) is 2. The van der Waals surface area contributed by atoms with Crippen molar-refractivity contribution in [1.82, 2.24) is 5.32 Å². The highest BCUT2D eigenvalue weighted by Gasteiger charge is 2.29. The highest BCUT2D eigenvalue weighted by molar-refractivity contribution is 8.00. The molecule has 3 aromatic carbocycles. The van der Waals surface area contributed by atoms with Gasteiger partial charge in [-0.25, -0.2) is 0 Å². The van der Waals surface area contributed by atoms with Crippen molar-refractivity contribution < 1.29 is 32.2 Å². The number of hydrogen-bond acceptors (Lipinski definition) is 5. The van der Waals surface area contributed by atoms with Gasteiger partial charge in [-0.05, 0) is 42.0 Å². The average molecular weight is 488 g/mol. The zero-order valence-corrected chi connectivity index (χ0v) is 18.5. The van der Waals surface area contributed by atoms with E-state index in [1.807, 2.05) is 0 Å². The minimum absolute atomic E-state index is 0.0671. The highest BCUT2D eigenvalue weighted by atomic mass is 32.2. The molecule has 0 aliphatic carbocycles. The van der Waals surface area contributed by atoms with Crippen LogP contribution in [-0.2, 0) is 17.5 Å². The Labute approximate surface area is 197 Å². The minimum atomic E-state index is -4.41. The van der Waals surface area contributed by atoms with Crippen LogP contribution in [0.3, 0.4) is 0 Å². The fourth-order valence-corrected chi connectivity index (χ4v) is 4.03. The van der Waals surface area contributed by atoms with Crippen molar-refractivity contribution >= 4 is 29.3 Å². The van der Waals surface area contributed by atoms with Crippen LogP contribution >= 0.6 is 11.8 Å². The van der Waals surface area contributed by atoms with Gasteiger partial charge in [0.05, 0.1) is 16.9 Å². The average Bonchev–Trinajstić information content (AvgIpc) is 3.29. The Morgan fingerprint density at radius 2 is 1.68 bits per heavy atom. The summed E-state index contributed by atoms with van der Waals surface area (Å²) < 4.78 is 48.6. The van der Waals surface area contributed by atoms with Gasteiger partial charge in [0, 0.05) is 23.2 Å². The molecule has 0 bridgehead atoms. The summed E-state index contributed by atoms with van der Waals surface area (Å²) in [7, 11) is 0. The van der Waals surface area contributed by atoms with E-state index in [1.165, 1.54) is 23.9 Å². The van der Waals surface area contributed by atoms with Crippen LogP contribution < -0.4 is 20.1 Å². The van der Waals surface area contributed by atoms with Crippen LogP contribution in [0.4, 0.5) is 18.9 Å². The molecule has 0 unspecified atom stereocenters. The van der Waals surface area contributed by atoms with Crippen molar-refractivity contribution in [3.63, 3.8) is 0 Å². The Kier molecular flexibility index (Phi) is 6.97. The molecule has 34 heavy (non-hydrogen) atoms. The van der Waals surface area contributed by atoms with Crippen LogP contribution in [0.5, 0.6) is 11.5 Å². The predicted molar refractivity (Wildman–Crippen MR) is 121 cm³/mol. The third kappa shape index (κ3) is 5.82. The molecular weight excluding hydrogens is 469 g/mol. The van der Waals surface area contributed by atoms with Gasteiger partial charge >= 0.3 is 6.18 Å². The summed E-state index contributed by atoms with van der Waals surface area (Å²) >= 11 is 1.20. The number of anilines is 1. The third-order valence-electron chi connectivity index (χ3n) is 4.88. The molecule has 1 heterocycles. The lowest BCUT2D eigenvalue weighted by Crippen LogP contribution is -2.23. The lowest BCUT2D eigenvalue weighted by atomic mass is 10.1. The van der Waals surface area contributed by atoms with E-state index >= 15 is 0 Å². The molecule has 0 fully saturated rings. The van der Waals surface area contributed by atoms with E-state index < -0.39 is 11.7 Å². The lowest BCUT2D eigenvalue weighted by molar-refractivity contribution is -0.137. The van der Waals surface area contributed by atoms with E-state index in [0.717, 1.165) is 12.1 Å². The predicted octanol–water partition coefficient (Wildman–Crippen LogP) is 5.09. The molecule has 3 aromatic rings. The summed E-state index contributed by atoms with van der Waals surface area (Å²) in [5.41, 5.74) is 0.727. The Hall–Kier alpha value is -3.66. The summed E-state index contributed by atoms with van der Waals surface area (Å²) in [4.78, 5) is 25.7. The first kappa shape index (κ1) is 23.5. The quantitative estimate of drug-likeness (QED) is 0.453. The van der Waals surface area contributed by atoms with E-state index in [1.54, 1.807) is 42.5 Å². The van der Waals surface area contributed by atoms with Gasteiger partial charge in [0.15, 0.2) is 11.5 Å². The first-order valence-corrected chi connectivity index (χ1v) is 11.1. The van der Waals surface area contributed by atoms with Crippen LogP contribution in [0.25, 0.3) is 0 Å². The molecule has 6 nitrogen and oxygen atoms in total. The highest BCUT2D eigenvalue weighted by Crippen LogP contribution is 2.34. The molecule has 1 aliphatic heterocycles. The van der Waals surface area contributed by atoms with E-state index in [0.29, 0.717) is 33.2 Å². The summed E-state index contributed by atoms with van der Waals surface area (Å²) in [5.74, 6) is 0.588. The fraction of sp³-hybridized carbons (Fsp3) is 0.167. The second-order valence-electron chi connectivity index (χ2n) is 7.28. The van der Waals surface area contributed by atoms with E-state index in [-0.39, 0.29) is 30.9 Å². The molecular formula is C24H19F3N2O4S. The number of thioether (sulfide) groups is 1. The van der Waals surface area contributed by atoms with E-state index in [2.05, 4.69) is 10.6 Å². The number of amides is 2. The molecule has 0 saturated heterocycles. The second-order valence-corrected chi connectivity index (χ2v) is 8.30. The van der Waals surface area contributed by atoms with Crippen LogP contribution in [0.2, 0.25) is 0 Å². The monoisotopic (exact) mass is 488 g/mol. The van der Waals surface area contributed by atoms with Crippen molar-refractivity contribution in [2.24, 2.45) is 0 Å². The topological polar surface area (TPSA) is 76.7 Å². The van der Waals surface area contributed by atoms with Gasteiger partial charge in [-0.15, -0.1) is 11.8 Å². The summed E-state index contributed by atoms with van der Waals surface area (Å²) in [5, 5.41) is 5.48. The van der Waals surface area contributed by atoms with Gasteiger partial charge in [0.2, 0.25) is 12.7 Å². The van der Waals surface area contributed by atoms with Gasteiger partial charge < -0.3 is 20.1 Å². The van der Waals surface area contributed by atoms with Crippen LogP contribution in [0.1, 0.15) is 21.5 Å². The summed E-state index contributed by atoms with van der Waals surface area (Å²) in [6, 6.07) is 16.5. The number of alkyl halides is 3. The number of benzene rings is 3. The van der Waals surface area contributed by atoms with Crippen LogP contribution in [0.15, 0.2) is 71.6 Å². The molecule has 10 heteroatoms. The van der Waals surface area contributed by atoms with Gasteiger partial charge in [0.1, 0.15) is 0 Å². The number of carbonyl (C=O) groups is 2. The molecule has 0 atom stereocenters. The first-order chi connectivity index (χ1) is 16.3.